The molecule has 30 heavy (non-hydrogen) atoms. The van der Waals surface area contributed by atoms with Gasteiger partial charge in [0.05, 0.1) is 23.4 Å². The summed E-state index contributed by atoms with van der Waals surface area (Å²) in [6.45, 7) is 0. The molecule has 0 radical (unpaired) electrons. The molecule has 0 bridgehead atoms. The second kappa shape index (κ2) is 8.00. The van der Waals surface area contributed by atoms with Crippen molar-refractivity contribution in [3.63, 3.8) is 0 Å². The Balaban J connectivity index is 1.88. The summed E-state index contributed by atoms with van der Waals surface area (Å²) in [5, 5.41) is 3.24. The maximum Gasteiger partial charge on any atom is 0.282 e. The van der Waals surface area contributed by atoms with Gasteiger partial charge in [0, 0.05) is 11.3 Å². The normalized spacial score (nSPS) is 13.8. The van der Waals surface area contributed by atoms with Gasteiger partial charge in [0.2, 0.25) is 0 Å². The van der Waals surface area contributed by atoms with E-state index in [0.717, 1.165) is 4.90 Å². The van der Waals surface area contributed by atoms with E-state index < -0.39 is 17.6 Å². The number of hydrogen-bond donors (Lipinski definition) is 1. The number of methoxy groups -OCH3 is 1. The highest BCUT2D eigenvalue weighted by atomic mass is 35.5. The Morgan fingerprint density at radius 3 is 2.27 bits per heavy atom. The second-order valence-electron chi connectivity index (χ2n) is 6.48. The molecule has 0 aliphatic carbocycles. The number of carbonyl (C=O) groups excluding carboxylic acids is 2. The minimum Gasteiger partial charge on any atom is -0.496 e. The van der Waals surface area contributed by atoms with Crippen LogP contribution >= 0.6 is 11.6 Å². The highest BCUT2D eigenvalue weighted by molar-refractivity contribution is 6.48. The van der Waals surface area contributed by atoms with Crippen LogP contribution in [-0.2, 0) is 9.59 Å². The van der Waals surface area contributed by atoms with Crippen LogP contribution in [0.15, 0.2) is 78.5 Å². The van der Waals surface area contributed by atoms with Crippen LogP contribution in [0.4, 0.5) is 15.8 Å². The van der Waals surface area contributed by atoms with Gasteiger partial charge in [-0.05, 0) is 42.5 Å². The number of nitrogens with one attached hydrogen (secondary N) is 1. The van der Waals surface area contributed by atoms with E-state index in [1.54, 1.807) is 48.5 Å². The Morgan fingerprint density at radius 2 is 1.57 bits per heavy atom. The van der Waals surface area contributed by atoms with Crippen LogP contribution in [0.1, 0.15) is 5.56 Å². The lowest BCUT2D eigenvalue weighted by Gasteiger charge is -2.17. The number of halogens is 2. The fourth-order valence-corrected chi connectivity index (χ4v) is 3.50. The molecule has 1 aliphatic heterocycles. The maximum atomic E-state index is 13.4. The summed E-state index contributed by atoms with van der Waals surface area (Å²) < 4.78 is 18.7. The van der Waals surface area contributed by atoms with Crippen LogP contribution in [0.25, 0.3) is 5.57 Å². The zero-order chi connectivity index (χ0) is 21.3. The fourth-order valence-electron chi connectivity index (χ4n) is 3.28. The predicted molar refractivity (Wildman–Crippen MR) is 114 cm³/mol. The van der Waals surface area contributed by atoms with Crippen LogP contribution < -0.4 is 15.0 Å². The number of anilines is 2. The molecule has 1 heterocycles. The van der Waals surface area contributed by atoms with Gasteiger partial charge in [0.15, 0.2) is 0 Å². The molecule has 0 atom stereocenters. The molecular weight excluding hydrogens is 407 g/mol. The molecule has 5 nitrogen and oxygen atoms in total. The number of rotatable bonds is 5. The summed E-state index contributed by atoms with van der Waals surface area (Å²) in [5.41, 5.74) is 1.38. The minimum absolute atomic E-state index is 0.0519. The molecule has 0 fully saturated rings. The van der Waals surface area contributed by atoms with Gasteiger partial charge in [0.1, 0.15) is 17.3 Å². The maximum absolute atomic E-state index is 13.4. The van der Waals surface area contributed by atoms with Crippen molar-refractivity contribution < 1.29 is 18.7 Å². The van der Waals surface area contributed by atoms with Crippen LogP contribution in [0, 0.1) is 5.82 Å². The van der Waals surface area contributed by atoms with Gasteiger partial charge in [-0.3, -0.25) is 9.59 Å². The third-order valence-corrected chi connectivity index (χ3v) is 4.99. The number of nitrogens with zero attached hydrogens (tertiary/aromatic N) is 1. The average Bonchev–Trinajstić information content (AvgIpc) is 2.99. The Morgan fingerprint density at radius 1 is 0.900 bits per heavy atom. The van der Waals surface area contributed by atoms with Gasteiger partial charge >= 0.3 is 0 Å². The van der Waals surface area contributed by atoms with E-state index in [4.69, 9.17) is 16.3 Å². The first-order valence-corrected chi connectivity index (χ1v) is 9.42. The highest BCUT2D eigenvalue weighted by Gasteiger charge is 2.41. The monoisotopic (exact) mass is 422 g/mol. The molecule has 0 saturated carbocycles. The Bertz CT molecular complexity index is 1180. The predicted octanol–water partition coefficient (Wildman–Crippen LogP) is 4.88. The lowest BCUT2D eigenvalue weighted by molar-refractivity contribution is -0.120. The van der Waals surface area contributed by atoms with E-state index in [2.05, 4.69) is 5.32 Å². The van der Waals surface area contributed by atoms with Crippen LogP contribution in [0.2, 0.25) is 5.02 Å². The Kier molecular flexibility index (Phi) is 5.25. The van der Waals surface area contributed by atoms with Crippen LogP contribution in [0.3, 0.4) is 0 Å². The Labute approximate surface area is 177 Å². The van der Waals surface area contributed by atoms with Crippen molar-refractivity contribution in [3.05, 3.63) is 94.9 Å². The lowest BCUT2D eigenvalue weighted by Crippen LogP contribution is -2.32. The molecule has 0 saturated heterocycles. The summed E-state index contributed by atoms with van der Waals surface area (Å²) in [6, 6.07) is 19.0. The van der Waals surface area contributed by atoms with Crippen LogP contribution in [-0.4, -0.2) is 18.9 Å². The first-order chi connectivity index (χ1) is 14.5. The summed E-state index contributed by atoms with van der Waals surface area (Å²) in [5.74, 6) is -1.08. The van der Waals surface area contributed by atoms with Gasteiger partial charge in [0.25, 0.3) is 11.8 Å². The zero-order valence-electron chi connectivity index (χ0n) is 15.9. The summed E-state index contributed by atoms with van der Waals surface area (Å²) in [7, 11) is 1.49. The number of carbonyl (C=O) groups is 2. The van der Waals surface area contributed by atoms with Crippen molar-refractivity contribution in [1.82, 2.24) is 0 Å². The quantitative estimate of drug-likeness (QED) is 0.595. The number of hydrogen-bond acceptors (Lipinski definition) is 4. The summed E-state index contributed by atoms with van der Waals surface area (Å²) >= 11 is 6.26. The zero-order valence-corrected chi connectivity index (χ0v) is 16.6. The summed E-state index contributed by atoms with van der Waals surface area (Å²) in [6.07, 6.45) is 0. The summed E-state index contributed by atoms with van der Waals surface area (Å²) in [4.78, 5) is 27.8. The third kappa shape index (κ3) is 3.42. The van der Waals surface area contributed by atoms with Crippen molar-refractivity contribution in [2.24, 2.45) is 0 Å². The molecule has 3 aromatic carbocycles. The van der Waals surface area contributed by atoms with E-state index in [0.29, 0.717) is 17.0 Å². The SMILES string of the molecule is COc1ccccc1C1=C(Nc2ccc(F)cc2)C(=O)N(c2ccccc2Cl)C1=O. The minimum atomic E-state index is -0.571. The number of imide groups is 1. The van der Waals surface area contributed by atoms with Gasteiger partial charge in [-0.1, -0.05) is 41.9 Å². The van der Waals surface area contributed by atoms with Crippen molar-refractivity contribution in [1.29, 1.82) is 0 Å². The van der Waals surface area contributed by atoms with Crippen molar-refractivity contribution >= 4 is 40.4 Å². The molecule has 3 aromatic rings. The smallest absolute Gasteiger partial charge is 0.282 e. The van der Waals surface area contributed by atoms with Gasteiger partial charge in [-0.2, -0.15) is 0 Å². The van der Waals surface area contributed by atoms with Crippen molar-refractivity contribution in [2.75, 3.05) is 17.3 Å². The molecule has 1 N–H and O–H groups in total. The molecule has 150 valence electrons. The first-order valence-electron chi connectivity index (χ1n) is 9.05. The molecule has 7 heteroatoms. The van der Waals surface area contributed by atoms with E-state index in [-0.39, 0.29) is 22.0 Å². The number of amides is 2. The lowest BCUT2D eigenvalue weighted by atomic mass is 10.0. The van der Waals surface area contributed by atoms with Gasteiger partial charge < -0.3 is 10.1 Å². The molecule has 0 aromatic heterocycles. The molecular formula is C23H16ClFN2O3. The Hall–Kier alpha value is -3.64. The number of para-hydroxylation sites is 2. The van der Waals surface area contributed by atoms with E-state index in [9.17, 15) is 14.0 Å². The fraction of sp³-hybridized carbons (Fsp3) is 0.0435. The second-order valence-corrected chi connectivity index (χ2v) is 6.89. The molecule has 2 amide bonds. The van der Waals surface area contributed by atoms with Crippen molar-refractivity contribution in [2.45, 2.75) is 0 Å². The molecule has 0 spiro atoms. The number of ether oxygens (including phenoxy) is 1. The van der Waals surface area contributed by atoms with Gasteiger partial charge in [-0.15, -0.1) is 0 Å². The largest absolute Gasteiger partial charge is 0.496 e. The van der Waals surface area contributed by atoms with E-state index in [1.165, 1.54) is 31.4 Å². The first kappa shape index (κ1) is 19.7. The van der Waals surface area contributed by atoms with E-state index in [1.807, 2.05) is 0 Å². The molecule has 1 aliphatic rings. The van der Waals surface area contributed by atoms with Crippen LogP contribution in [0.5, 0.6) is 5.75 Å². The third-order valence-electron chi connectivity index (χ3n) is 4.67. The highest BCUT2D eigenvalue weighted by Crippen LogP contribution is 2.39. The topological polar surface area (TPSA) is 58.6 Å². The standard InChI is InChI=1S/C23H16ClFN2O3/c1-30-19-9-5-2-6-16(19)20-21(26-15-12-10-14(25)11-13-15)23(29)27(22(20)28)18-8-4-3-7-17(18)24/h2-13,26H,1H3. The van der Waals surface area contributed by atoms with Crippen molar-refractivity contribution in [3.8, 4) is 5.75 Å². The van der Waals surface area contributed by atoms with Gasteiger partial charge in [-0.25, -0.2) is 9.29 Å². The average molecular weight is 423 g/mol. The molecule has 4 rings (SSSR count). The number of benzene rings is 3. The molecule has 0 unspecified atom stereocenters. The van der Waals surface area contributed by atoms with E-state index >= 15 is 0 Å².